The second-order valence-electron chi connectivity index (χ2n) is 6.74. The molecule has 2 unspecified atom stereocenters. The Bertz CT molecular complexity index is 778. The molecule has 1 saturated heterocycles. The minimum absolute atomic E-state index is 0.0600. The Morgan fingerprint density at radius 2 is 2.04 bits per heavy atom. The van der Waals surface area contributed by atoms with E-state index in [1.807, 2.05) is 37.3 Å². The summed E-state index contributed by atoms with van der Waals surface area (Å²) in [6, 6.07) is 8.04. The normalized spacial score (nSPS) is 21.1. The average molecular weight is 341 g/mol. The molecule has 6 heteroatoms. The number of aryl methyl sites for hydroxylation is 1. The van der Waals surface area contributed by atoms with Crippen molar-refractivity contribution in [3.05, 3.63) is 47.3 Å². The van der Waals surface area contributed by atoms with Crippen LogP contribution in [-0.4, -0.2) is 38.3 Å². The highest BCUT2D eigenvalue weighted by Gasteiger charge is 2.25. The van der Waals surface area contributed by atoms with Gasteiger partial charge in [-0.3, -0.25) is 4.79 Å². The number of carbonyl (C=O) groups is 1. The lowest BCUT2D eigenvalue weighted by Crippen LogP contribution is -2.31. The molecule has 1 aromatic heterocycles. The van der Waals surface area contributed by atoms with E-state index in [0.29, 0.717) is 6.42 Å². The summed E-state index contributed by atoms with van der Waals surface area (Å²) < 4.78 is 7.06. The lowest BCUT2D eigenvalue weighted by Gasteiger charge is -2.23. The van der Waals surface area contributed by atoms with Crippen molar-refractivity contribution in [3.8, 4) is 5.69 Å². The summed E-state index contributed by atoms with van der Waals surface area (Å²) in [6.07, 6.45) is 3.06. The van der Waals surface area contributed by atoms with E-state index in [0.717, 1.165) is 17.1 Å². The molecule has 0 aliphatic carbocycles. The first-order valence-corrected chi connectivity index (χ1v) is 8.52. The first-order valence-electron chi connectivity index (χ1n) is 8.52. The van der Waals surface area contributed by atoms with Crippen molar-refractivity contribution in [2.24, 2.45) is 0 Å². The van der Waals surface area contributed by atoms with Crippen LogP contribution in [-0.2, 0) is 9.53 Å². The maximum absolute atomic E-state index is 11.5. The molecule has 0 amide bonds. The zero-order chi connectivity index (χ0) is 18.0. The summed E-state index contributed by atoms with van der Waals surface area (Å²) >= 11 is 0. The maximum Gasteiger partial charge on any atom is 0.309 e. The van der Waals surface area contributed by atoms with Gasteiger partial charge in [-0.05, 0) is 37.1 Å². The number of aromatic nitrogens is 3. The Hall–Kier alpha value is -2.47. The lowest BCUT2D eigenvalue weighted by molar-refractivity contribution is -0.156. The van der Waals surface area contributed by atoms with E-state index in [4.69, 9.17) is 4.74 Å². The number of hydrogen-bond acceptors (Lipinski definition) is 5. The first kappa shape index (κ1) is 17.4. The molecule has 0 saturated carbocycles. The molecule has 1 aliphatic heterocycles. The molecular weight excluding hydrogens is 318 g/mol. The fourth-order valence-corrected chi connectivity index (χ4v) is 2.87. The minimum atomic E-state index is -0.652. The highest BCUT2D eigenvalue weighted by molar-refractivity contribution is 5.71. The minimum Gasteiger partial charge on any atom is -0.458 e. The Balaban J connectivity index is 1.93. The summed E-state index contributed by atoms with van der Waals surface area (Å²) in [5, 5.41) is 18.3. The fourth-order valence-electron chi connectivity index (χ4n) is 2.87. The van der Waals surface area contributed by atoms with E-state index in [1.165, 1.54) is 5.56 Å². The third kappa shape index (κ3) is 3.96. The van der Waals surface area contributed by atoms with Crippen molar-refractivity contribution < 1.29 is 14.6 Å². The fraction of sp³-hybridized carbons (Fsp3) is 0.421. The van der Waals surface area contributed by atoms with Gasteiger partial charge < -0.3 is 9.84 Å². The molecule has 132 valence electrons. The molecule has 0 bridgehead atoms. The van der Waals surface area contributed by atoms with Crippen LogP contribution >= 0.6 is 0 Å². The van der Waals surface area contributed by atoms with E-state index in [2.05, 4.69) is 24.2 Å². The zero-order valence-electron chi connectivity index (χ0n) is 14.7. The van der Waals surface area contributed by atoms with Crippen LogP contribution in [0, 0.1) is 6.92 Å². The summed E-state index contributed by atoms with van der Waals surface area (Å²) in [5.41, 5.74) is 3.83. The first-order chi connectivity index (χ1) is 11.9. The lowest BCUT2D eigenvalue weighted by atomic mass is 10.0. The average Bonchev–Trinajstić information content (AvgIpc) is 2.97. The highest BCUT2D eigenvalue weighted by atomic mass is 16.5. The summed E-state index contributed by atoms with van der Waals surface area (Å²) in [4.78, 5) is 11.5. The maximum atomic E-state index is 11.5. The van der Waals surface area contributed by atoms with Crippen molar-refractivity contribution in [1.29, 1.82) is 0 Å². The predicted molar refractivity (Wildman–Crippen MR) is 94.3 cm³/mol. The molecule has 0 spiro atoms. The Kier molecular flexibility index (Phi) is 4.99. The second kappa shape index (κ2) is 7.19. The van der Waals surface area contributed by atoms with E-state index in [9.17, 15) is 9.90 Å². The van der Waals surface area contributed by atoms with Crippen molar-refractivity contribution in [1.82, 2.24) is 15.0 Å². The monoisotopic (exact) mass is 341 g/mol. The van der Waals surface area contributed by atoms with Crippen molar-refractivity contribution in [3.63, 3.8) is 0 Å². The third-order valence-corrected chi connectivity index (χ3v) is 4.22. The summed E-state index contributed by atoms with van der Waals surface area (Å²) in [7, 11) is 0. The van der Waals surface area contributed by atoms with Crippen LogP contribution in [0.2, 0.25) is 0 Å². The molecule has 1 aromatic carbocycles. The molecule has 25 heavy (non-hydrogen) atoms. The number of aliphatic hydroxyl groups excluding tert-OH is 1. The SMILES string of the molecule is Cc1ccc(-n2nnc(C(C)C)c2C=CC2CC(O)CC(=O)O2)cc1. The number of esters is 1. The van der Waals surface area contributed by atoms with Crippen molar-refractivity contribution in [2.45, 2.75) is 51.7 Å². The molecule has 1 aliphatic rings. The van der Waals surface area contributed by atoms with Crippen LogP contribution in [0.5, 0.6) is 0 Å². The smallest absolute Gasteiger partial charge is 0.309 e. The zero-order valence-corrected chi connectivity index (χ0v) is 14.7. The molecule has 2 atom stereocenters. The van der Waals surface area contributed by atoms with Gasteiger partial charge in [-0.2, -0.15) is 0 Å². The van der Waals surface area contributed by atoms with Gasteiger partial charge in [0.2, 0.25) is 0 Å². The van der Waals surface area contributed by atoms with Gasteiger partial charge in [0, 0.05) is 6.42 Å². The molecule has 1 fully saturated rings. The molecule has 2 heterocycles. The van der Waals surface area contributed by atoms with Gasteiger partial charge in [0.25, 0.3) is 0 Å². The number of cyclic esters (lactones) is 1. The van der Waals surface area contributed by atoms with Gasteiger partial charge in [-0.25, -0.2) is 4.68 Å². The molecule has 2 aromatic rings. The van der Waals surface area contributed by atoms with Crippen molar-refractivity contribution >= 4 is 12.0 Å². The quantitative estimate of drug-likeness (QED) is 0.865. The van der Waals surface area contributed by atoms with Crippen LogP contribution in [0.3, 0.4) is 0 Å². The number of rotatable bonds is 4. The number of aliphatic hydroxyl groups is 1. The number of benzene rings is 1. The van der Waals surface area contributed by atoms with E-state index >= 15 is 0 Å². The van der Waals surface area contributed by atoms with Crippen LogP contribution < -0.4 is 0 Å². The van der Waals surface area contributed by atoms with Crippen LogP contribution in [0.4, 0.5) is 0 Å². The second-order valence-corrected chi connectivity index (χ2v) is 6.74. The van der Waals surface area contributed by atoms with Crippen LogP contribution in [0.15, 0.2) is 30.3 Å². The topological polar surface area (TPSA) is 77.2 Å². The number of ether oxygens (including phenoxy) is 1. The number of nitrogens with zero attached hydrogens (tertiary/aromatic N) is 3. The Morgan fingerprint density at radius 1 is 1.32 bits per heavy atom. The highest BCUT2D eigenvalue weighted by Crippen LogP contribution is 2.23. The van der Waals surface area contributed by atoms with Crippen LogP contribution in [0.1, 0.15) is 49.6 Å². The van der Waals surface area contributed by atoms with Crippen LogP contribution in [0.25, 0.3) is 11.8 Å². The molecule has 0 radical (unpaired) electrons. The summed E-state index contributed by atoms with van der Waals surface area (Å²) in [5.74, 6) is -0.166. The largest absolute Gasteiger partial charge is 0.458 e. The Morgan fingerprint density at radius 3 is 2.68 bits per heavy atom. The van der Waals surface area contributed by atoms with Gasteiger partial charge in [0.05, 0.1) is 29.6 Å². The predicted octanol–water partition coefficient (Wildman–Crippen LogP) is 2.78. The van der Waals surface area contributed by atoms with E-state index in [-0.39, 0.29) is 18.3 Å². The van der Waals surface area contributed by atoms with Gasteiger partial charge in [-0.1, -0.05) is 36.8 Å². The third-order valence-electron chi connectivity index (χ3n) is 4.22. The van der Waals surface area contributed by atoms with E-state index < -0.39 is 12.2 Å². The molecular formula is C19H23N3O3. The number of carbonyl (C=O) groups excluding carboxylic acids is 1. The molecule has 1 N–H and O–H groups in total. The standard InChI is InChI=1S/C19H23N3O3/c1-12(2)19-17(9-8-16-10-15(23)11-18(24)25-16)22(21-20-19)14-6-4-13(3)5-7-14/h4-9,12,15-16,23H,10-11H2,1-3H3. The molecule has 6 nitrogen and oxygen atoms in total. The number of hydrogen-bond donors (Lipinski definition) is 1. The van der Waals surface area contributed by atoms with E-state index in [1.54, 1.807) is 10.8 Å². The summed E-state index contributed by atoms with van der Waals surface area (Å²) in [6.45, 7) is 6.16. The van der Waals surface area contributed by atoms with Gasteiger partial charge in [0.15, 0.2) is 0 Å². The van der Waals surface area contributed by atoms with Gasteiger partial charge in [-0.15, -0.1) is 5.10 Å². The van der Waals surface area contributed by atoms with Gasteiger partial charge in [0.1, 0.15) is 6.10 Å². The Labute approximate surface area is 147 Å². The van der Waals surface area contributed by atoms with Crippen molar-refractivity contribution in [2.75, 3.05) is 0 Å². The molecule has 3 rings (SSSR count). The van der Waals surface area contributed by atoms with Gasteiger partial charge >= 0.3 is 5.97 Å².